The van der Waals surface area contributed by atoms with Crippen LogP contribution in [0.3, 0.4) is 0 Å². The molecule has 1 amide bonds. The minimum Gasteiger partial charge on any atom is -0.497 e. The van der Waals surface area contributed by atoms with Crippen LogP contribution >= 0.6 is 0 Å². The third-order valence-corrected chi connectivity index (χ3v) is 4.47. The molecule has 0 saturated heterocycles. The summed E-state index contributed by atoms with van der Waals surface area (Å²) in [6, 6.07) is 20.1. The number of hydrogen-bond acceptors (Lipinski definition) is 5. The summed E-state index contributed by atoms with van der Waals surface area (Å²) in [5, 5.41) is 6.83. The quantitative estimate of drug-likeness (QED) is 0.504. The predicted octanol–water partition coefficient (Wildman–Crippen LogP) is 4.73. The third kappa shape index (κ3) is 4.52. The normalized spacial score (nSPS) is 10.6. The van der Waals surface area contributed by atoms with Crippen molar-refractivity contribution in [3.05, 3.63) is 95.6 Å². The van der Waals surface area contributed by atoms with Gasteiger partial charge in [0.25, 0.3) is 5.91 Å². The van der Waals surface area contributed by atoms with Crippen molar-refractivity contribution in [2.24, 2.45) is 0 Å². The second kappa shape index (κ2) is 8.57. The molecule has 4 rings (SSSR count). The number of nitrogens with zero attached hydrogens (tertiary/aromatic N) is 2. The van der Waals surface area contributed by atoms with Gasteiger partial charge in [0.2, 0.25) is 11.7 Å². The molecule has 4 aromatic rings. The second-order valence-corrected chi connectivity index (χ2v) is 6.58. The number of ether oxygens (including phenoxy) is 1. The Balaban J connectivity index is 1.47. The number of aromatic nitrogens is 2. The molecule has 0 atom stereocenters. The van der Waals surface area contributed by atoms with E-state index in [1.54, 1.807) is 25.3 Å². The number of methoxy groups -OCH3 is 1. The maximum Gasteiger partial charge on any atom is 0.255 e. The Hall–Kier alpha value is -4.00. The van der Waals surface area contributed by atoms with Crippen molar-refractivity contribution in [2.45, 2.75) is 6.42 Å². The molecule has 7 heteroatoms. The highest BCUT2D eigenvalue weighted by Gasteiger charge is 2.12. The van der Waals surface area contributed by atoms with Gasteiger partial charge in [-0.2, -0.15) is 4.98 Å². The Bertz CT molecular complexity index is 1160. The number of benzene rings is 3. The second-order valence-electron chi connectivity index (χ2n) is 6.58. The molecule has 0 aliphatic carbocycles. The van der Waals surface area contributed by atoms with Gasteiger partial charge in [0.15, 0.2) is 0 Å². The van der Waals surface area contributed by atoms with Crippen LogP contribution in [0.2, 0.25) is 0 Å². The number of halogens is 1. The van der Waals surface area contributed by atoms with Crippen molar-refractivity contribution in [2.75, 3.05) is 12.4 Å². The highest BCUT2D eigenvalue weighted by Crippen LogP contribution is 2.22. The van der Waals surface area contributed by atoms with Crippen molar-refractivity contribution in [3.8, 4) is 17.1 Å². The SMILES string of the molecule is COc1ccc(Cc2nc(-c3cccc(NC(=O)c4ccc(F)cc4)c3)no2)cc1. The minimum atomic E-state index is -0.393. The fourth-order valence-electron chi connectivity index (χ4n) is 2.90. The summed E-state index contributed by atoms with van der Waals surface area (Å²) in [5.41, 5.74) is 2.66. The fourth-order valence-corrected chi connectivity index (χ4v) is 2.90. The van der Waals surface area contributed by atoms with Crippen molar-refractivity contribution >= 4 is 11.6 Å². The molecular weight excluding hydrogens is 385 g/mol. The summed E-state index contributed by atoms with van der Waals surface area (Å²) >= 11 is 0. The Labute approximate surface area is 172 Å². The van der Waals surface area contributed by atoms with Crippen molar-refractivity contribution in [1.82, 2.24) is 10.1 Å². The van der Waals surface area contributed by atoms with Crippen LogP contribution in [-0.4, -0.2) is 23.2 Å². The third-order valence-electron chi connectivity index (χ3n) is 4.47. The van der Waals surface area contributed by atoms with Crippen molar-refractivity contribution in [1.29, 1.82) is 0 Å². The highest BCUT2D eigenvalue weighted by atomic mass is 19.1. The van der Waals surface area contributed by atoms with Crippen LogP contribution in [0.15, 0.2) is 77.3 Å². The Morgan fingerprint density at radius 3 is 2.57 bits per heavy atom. The van der Waals surface area contributed by atoms with Crippen LogP contribution in [0.25, 0.3) is 11.4 Å². The molecule has 0 radical (unpaired) electrons. The monoisotopic (exact) mass is 403 g/mol. The zero-order valence-electron chi connectivity index (χ0n) is 16.1. The molecule has 0 bridgehead atoms. The van der Waals surface area contributed by atoms with E-state index < -0.39 is 5.82 Å². The largest absolute Gasteiger partial charge is 0.497 e. The molecule has 0 saturated carbocycles. The van der Waals surface area contributed by atoms with Crippen LogP contribution in [-0.2, 0) is 6.42 Å². The summed E-state index contributed by atoms with van der Waals surface area (Å²) in [5.74, 6) is 0.966. The first-order chi connectivity index (χ1) is 14.6. The van der Waals surface area contributed by atoms with Gasteiger partial charge in [-0.1, -0.05) is 29.4 Å². The number of carbonyl (C=O) groups is 1. The van der Waals surface area contributed by atoms with E-state index in [0.717, 1.165) is 11.3 Å². The van der Waals surface area contributed by atoms with Gasteiger partial charge >= 0.3 is 0 Å². The number of rotatable bonds is 6. The topological polar surface area (TPSA) is 77.2 Å². The van der Waals surface area contributed by atoms with Crippen molar-refractivity contribution < 1.29 is 18.4 Å². The average molecular weight is 403 g/mol. The number of hydrogen-bond donors (Lipinski definition) is 1. The molecule has 1 aromatic heterocycles. The molecule has 150 valence electrons. The first-order valence-corrected chi connectivity index (χ1v) is 9.23. The molecule has 0 aliphatic heterocycles. The lowest BCUT2D eigenvalue weighted by molar-refractivity contribution is 0.102. The first kappa shape index (κ1) is 19.3. The molecule has 30 heavy (non-hydrogen) atoms. The lowest BCUT2D eigenvalue weighted by Crippen LogP contribution is -2.11. The van der Waals surface area contributed by atoms with Gasteiger partial charge in [0.1, 0.15) is 11.6 Å². The lowest BCUT2D eigenvalue weighted by Gasteiger charge is -2.06. The number of nitrogens with one attached hydrogen (secondary N) is 1. The maximum absolute atomic E-state index is 13.0. The molecule has 3 aromatic carbocycles. The fraction of sp³-hybridized carbons (Fsp3) is 0.0870. The Morgan fingerprint density at radius 2 is 1.83 bits per heavy atom. The van der Waals surface area contributed by atoms with Crippen LogP contribution in [0, 0.1) is 5.82 Å². The van der Waals surface area contributed by atoms with Gasteiger partial charge in [0, 0.05) is 16.8 Å². The summed E-state index contributed by atoms with van der Waals surface area (Å²) in [6.07, 6.45) is 0.498. The summed E-state index contributed by atoms with van der Waals surface area (Å²) in [7, 11) is 1.62. The van der Waals surface area contributed by atoms with Gasteiger partial charge in [0.05, 0.1) is 13.5 Å². The highest BCUT2D eigenvalue weighted by molar-refractivity contribution is 6.04. The molecule has 0 aliphatic rings. The van der Waals surface area contributed by atoms with E-state index in [9.17, 15) is 9.18 Å². The van der Waals surface area contributed by atoms with Gasteiger partial charge in [-0.3, -0.25) is 4.79 Å². The van der Waals surface area contributed by atoms with Gasteiger partial charge < -0.3 is 14.6 Å². The Morgan fingerprint density at radius 1 is 1.07 bits per heavy atom. The van der Waals surface area contributed by atoms with E-state index >= 15 is 0 Å². The van der Waals surface area contributed by atoms with E-state index in [2.05, 4.69) is 15.5 Å². The molecule has 0 unspecified atom stereocenters. The van der Waals surface area contributed by atoms with Crippen LogP contribution < -0.4 is 10.1 Å². The number of anilines is 1. The Kier molecular flexibility index (Phi) is 5.52. The van der Waals surface area contributed by atoms with Crippen LogP contribution in [0.4, 0.5) is 10.1 Å². The number of amides is 1. The zero-order chi connectivity index (χ0) is 20.9. The number of carbonyl (C=O) groups excluding carboxylic acids is 1. The minimum absolute atomic E-state index is 0.333. The van der Waals surface area contributed by atoms with Crippen molar-refractivity contribution in [3.63, 3.8) is 0 Å². The lowest BCUT2D eigenvalue weighted by atomic mass is 10.1. The van der Waals surface area contributed by atoms with E-state index in [1.165, 1.54) is 24.3 Å². The molecule has 6 nitrogen and oxygen atoms in total. The van der Waals surface area contributed by atoms with Gasteiger partial charge in [-0.15, -0.1) is 0 Å². The van der Waals surface area contributed by atoms with Crippen LogP contribution in [0.1, 0.15) is 21.8 Å². The van der Waals surface area contributed by atoms with E-state index in [1.807, 2.05) is 30.3 Å². The zero-order valence-corrected chi connectivity index (χ0v) is 16.1. The summed E-state index contributed by atoms with van der Waals surface area (Å²) in [6.45, 7) is 0. The van der Waals surface area contributed by atoms with Gasteiger partial charge in [-0.25, -0.2) is 4.39 Å². The molecule has 0 fully saturated rings. The first-order valence-electron chi connectivity index (χ1n) is 9.23. The molecule has 1 heterocycles. The van der Waals surface area contributed by atoms with Gasteiger partial charge in [-0.05, 0) is 54.1 Å². The standard InChI is InChI=1S/C23H18FN3O3/c1-29-20-11-5-15(6-12-20)13-21-26-22(27-30-21)17-3-2-4-19(14-17)25-23(28)16-7-9-18(24)10-8-16/h2-12,14H,13H2,1H3,(H,25,28). The molecular formula is C23H18FN3O3. The van der Waals surface area contributed by atoms with E-state index in [4.69, 9.17) is 9.26 Å². The van der Waals surface area contributed by atoms with E-state index in [-0.39, 0.29) is 5.91 Å². The summed E-state index contributed by atoms with van der Waals surface area (Å²) in [4.78, 5) is 16.8. The maximum atomic E-state index is 13.0. The molecule has 0 spiro atoms. The summed E-state index contributed by atoms with van der Waals surface area (Å²) < 4.78 is 23.6. The predicted molar refractivity (Wildman–Crippen MR) is 110 cm³/mol. The smallest absolute Gasteiger partial charge is 0.255 e. The molecule has 1 N–H and O–H groups in total. The average Bonchev–Trinajstić information content (AvgIpc) is 3.23. The van der Waals surface area contributed by atoms with Crippen LogP contribution in [0.5, 0.6) is 5.75 Å². The van der Waals surface area contributed by atoms with E-state index in [0.29, 0.717) is 35.0 Å².